The maximum absolute atomic E-state index is 10.2. The number of piperazine rings is 1. The van der Waals surface area contributed by atoms with E-state index in [2.05, 4.69) is 31.4 Å². The van der Waals surface area contributed by atoms with Crippen molar-refractivity contribution in [3.8, 4) is 17.0 Å². The predicted molar refractivity (Wildman–Crippen MR) is 106 cm³/mol. The second kappa shape index (κ2) is 7.09. The summed E-state index contributed by atoms with van der Waals surface area (Å²) in [5, 5.41) is 22.6. The summed E-state index contributed by atoms with van der Waals surface area (Å²) in [5.41, 5.74) is 3.81. The summed E-state index contributed by atoms with van der Waals surface area (Å²) in [7, 11) is 0. The van der Waals surface area contributed by atoms with Gasteiger partial charge in [-0.05, 0) is 50.4 Å². The van der Waals surface area contributed by atoms with Crippen LogP contribution < -0.4 is 10.2 Å². The topological polar surface area (TPSA) is 64.5 Å². The zero-order valence-corrected chi connectivity index (χ0v) is 15.6. The fraction of sp³-hybridized carbons (Fsp3) is 0.524. The molecule has 0 radical (unpaired) electrons. The van der Waals surface area contributed by atoms with E-state index in [9.17, 15) is 5.11 Å². The average molecular weight is 365 g/mol. The van der Waals surface area contributed by atoms with Crippen LogP contribution >= 0.6 is 0 Å². The first-order valence-corrected chi connectivity index (χ1v) is 10.2. The molecule has 27 heavy (non-hydrogen) atoms. The van der Waals surface area contributed by atoms with E-state index in [1.807, 2.05) is 18.2 Å². The molecule has 3 aliphatic heterocycles. The number of hydrogen-bond acceptors (Lipinski definition) is 6. The molecule has 0 aliphatic carbocycles. The molecule has 0 bridgehead atoms. The van der Waals surface area contributed by atoms with E-state index in [1.165, 1.54) is 25.1 Å². The quantitative estimate of drug-likeness (QED) is 0.849. The highest BCUT2D eigenvalue weighted by Gasteiger charge is 2.35. The first-order valence-electron chi connectivity index (χ1n) is 10.2. The Labute approximate surface area is 160 Å². The minimum absolute atomic E-state index is 0.258. The van der Waals surface area contributed by atoms with Gasteiger partial charge < -0.3 is 15.3 Å². The largest absolute Gasteiger partial charge is 0.507 e. The molecule has 1 aromatic carbocycles. The number of phenols is 1. The number of aromatic nitrogens is 2. The van der Waals surface area contributed by atoms with Crippen LogP contribution in [-0.2, 0) is 6.42 Å². The Morgan fingerprint density at radius 2 is 2.00 bits per heavy atom. The van der Waals surface area contributed by atoms with Gasteiger partial charge in [0.05, 0.1) is 17.1 Å². The number of para-hydroxylation sites is 1. The van der Waals surface area contributed by atoms with Crippen molar-refractivity contribution in [1.29, 1.82) is 0 Å². The highest BCUT2D eigenvalue weighted by Crippen LogP contribution is 2.36. The molecule has 6 nitrogen and oxygen atoms in total. The molecule has 2 atom stereocenters. The Hall–Kier alpha value is -2.18. The van der Waals surface area contributed by atoms with Gasteiger partial charge in [0.1, 0.15) is 5.75 Å². The second-order valence-electron chi connectivity index (χ2n) is 7.96. The van der Waals surface area contributed by atoms with Crippen molar-refractivity contribution in [2.24, 2.45) is 0 Å². The molecule has 2 saturated heterocycles. The first-order chi connectivity index (χ1) is 13.3. The van der Waals surface area contributed by atoms with Crippen LogP contribution in [0, 0.1) is 0 Å². The Bertz CT molecular complexity index is 820. The second-order valence-corrected chi connectivity index (χ2v) is 7.96. The van der Waals surface area contributed by atoms with E-state index in [1.54, 1.807) is 6.07 Å². The lowest BCUT2D eigenvalue weighted by molar-refractivity contribution is 0.132. The van der Waals surface area contributed by atoms with Gasteiger partial charge in [0, 0.05) is 43.8 Å². The molecule has 0 saturated carbocycles. The van der Waals surface area contributed by atoms with Crippen LogP contribution in [0.5, 0.6) is 5.75 Å². The standard InChI is InChI=1S/C21H27N5O/c27-21-6-2-1-5-17(21)19-12-20-18(23-24-19)8-7-16-14-25(10-11-26(16)20)15-4-3-9-22-13-15/h1-2,5-6,12,15-16,22,27H,3-4,7-11,13-14H2/t15?,16-/m0/s1. The monoisotopic (exact) mass is 365 g/mol. The molecule has 2 fully saturated rings. The van der Waals surface area contributed by atoms with E-state index >= 15 is 0 Å². The van der Waals surface area contributed by atoms with Crippen LogP contribution in [0.25, 0.3) is 11.3 Å². The number of aryl methyl sites for hydroxylation is 1. The molecule has 0 amide bonds. The van der Waals surface area contributed by atoms with Crippen LogP contribution in [0.15, 0.2) is 30.3 Å². The number of fused-ring (bicyclic) bond motifs is 3. The zero-order chi connectivity index (χ0) is 18.2. The number of hydrogen-bond donors (Lipinski definition) is 2. The molecule has 1 unspecified atom stereocenters. The molecule has 3 aliphatic rings. The molecule has 1 aromatic heterocycles. The van der Waals surface area contributed by atoms with Crippen molar-refractivity contribution in [2.75, 3.05) is 37.6 Å². The SMILES string of the molecule is Oc1ccccc1-c1cc2c(nn1)CC[C@H]1CN(C3CCCNC3)CCN21. The normalized spacial score (nSPS) is 25.7. The van der Waals surface area contributed by atoms with Crippen molar-refractivity contribution >= 4 is 5.69 Å². The highest BCUT2D eigenvalue weighted by molar-refractivity contribution is 5.71. The van der Waals surface area contributed by atoms with Gasteiger partial charge in [0.2, 0.25) is 0 Å². The molecule has 142 valence electrons. The fourth-order valence-corrected chi connectivity index (χ4v) is 4.88. The fourth-order valence-electron chi connectivity index (χ4n) is 4.88. The number of aromatic hydroxyl groups is 1. The van der Waals surface area contributed by atoms with Gasteiger partial charge in [0.15, 0.2) is 0 Å². The summed E-state index contributed by atoms with van der Waals surface area (Å²) in [6, 6.07) is 10.7. The number of rotatable bonds is 2. The minimum Gasteiger partial charge on any atom is -0.507 e. The Kier molecular flexibility index (Phi) is 4.45. The molecule has 5 rings (SSSR count). The first kappa shape index (κ1) is 17.0. The van der Waals surface area contributed by atoms with E-state index in [0.29, 0.717) is 12.1 Å². The molecular weight excluding hydrogens is 338 g/mol. The van der Waals surface area contributed by atoms with Crippen LogP contribution in [0.2, 0.25) is 0 Å². The van der Waals surface area contributed by atoms with Crippen LogP contribution in [0.4, 0.5) is 5.69 Å². The molecule has 2 N–H and O–H groups in total. The van der Waals surface area contributed by atoms with Gasteiger partial charge in [0.25, 0.3) is 0 Å². The van der Waals surface area contributed by atoms with Crippen LogP contribution in [-0.4, -0.2) is 65.0 Å². The minimum atomic E-state index is 0.258. The maximum Gasteiger partial charge on any atom is 0.125 e. The Morgan fingerprint density at radius 3 is 2.85 bits per heavy atom. The number of benzene rings is 1. The van der Waals surface area contributed by atoms with E-state index in [0.717, 1.165) is 56.0 Å². The predicted octanol–water partition coefficient (Wildman–Crippen LogP) is 2.04. The van der Waals surface area contributed by atoms with Gasteiger partial charge in [-0.15, -0.1) is 5.10 Å². The summed E-state index contributed by atoms with van der Waals surface area (Å²) in [6.45, 7) is 5.59. The van der Waals surface area contributed by atoms with Crippen molar-refractivity contribution in [3.63, 3.8) is 0 Å². The van der Waals surface area contributed by atoms with Gasteiger partial charge in [-0.1, -0.05) is 12.1 Å². The lowest BCUT2D eigenvalue weighted by Gasteiger charge is -2.48. The lowest BCUT2D eigenvalue weighted by Crippen LogP contribution is -2.59. The third-order valence-electron chi connectivity index (χ3n) is 6.35. The highest BCUT2D eigenvalue weighted by atomic mass is 16.3. The van der Waals surface area contributed by atoms with Crippen molar-refractivity contribution in [2.45, 2.75) is 37.8 Å². The Balaban J connectivity index is 1.40. The number of anilines is 1. The summed E-state index contributed by atoms with van der Waals surface area (Å²) < 4.78 is 0. The zero-order valence-electron chi connectivity index (χ0n) is 15.6. The van der Waals surface area contributed by atoms with Gasteiger partial charge in [-0.3, -0.25) is 4.90 Å². The van der Waals surface area contributed by atoms with E-state index < -0.39 is 0 Å². The third-order valence-corrected chi connectivity index (χ3v) is 6.35. The van der Waals surface area contributed by atoms with Crippen LogP contribution in [0.1, 0.15) is 25.0 Å². The van der Waals surface area contributed by atoms with E-state index in [-0.39, 0.29) is 5.75 Å². The maximum atomic E-state index is 10.2. The number of phenolic OH excluding ortho intramolecular Hbond substituents is 1. The third kappa shape index (κ3) is 3.17. The van der Waals surface area contributed by atoms with Gasteiger partial charge >= 0.3 is 0 Å². The summed E-state index contributed by atoms with van der Waals surface area (Å²) in [6.07, 6.45) is 4.74. The molecule has 2 aromatic rings. The van der Waals surface area contributed by atoms with Crippen molar-refractivity contribution in [3.05, 3.63) is 36.0 Å². The summed E-state index contributed by atoms with van der Waals surface area (Å²) >= 11 is 0. The smallest absolute Gasteiger partial charge is 0.125 e. The molecule has 4 heterocycles. The van der Waals surface area contributed by atoms with Crippen LogP contribution in [0.3, 0.4) is 0 Å². The molecule has 0 spiro atoms. The molecule has 6 heteroatoms. The van der Waals surface area contributed by atoms with Crippen molar-refractivity contribution in [1.82, 2.24) is 20.4 Å². The Morgan fingerprint density at radius 1 is 1.07 bits per heavy atom. The van der Waals surface area contributed by atoms with Gasteiger partial charge in [-0.25, -0.2) is 0 Å². The number of piperidine rings is 1. The summed E-state index contributed by atoms with van der Waals surface area (Å²) in [5.74, 6) is 0.258. The molecular formula is C21H27N5O. The average Bonchev–Trinajstić information content (AvgIpc) is 2.74. The number of nitrogens with zero attached hydrogens (tertiary/aromatic N) is 4. The number of nitrogens with one attached hydrogen (secondary N) is 1. The van der Waals surface area contributed by atoms with Gasteiger partial charge in [-0.2, -0.15) is 5.10 Å². The van der Waals surface area contributed by atoms with E-state index in [4.69, 9.17) is 0 Å². The lowest BCUT2D eigenvalue weighted by atomic mass is 9.95. The summed E-state index contributed by atoms with van der Waals surface area (Å²) in [4.78, 5) is 5.22. The van der Waals surface area contributed by atoms with Crippen molar-refractivity contribution < 1.29 is 5.11 Å².